The molecule has 2 nitrogen and oxygen atoms in total. The monoisotopic (exact) mass is 240 g/mol. The minimum Gasteiger partial charge on any atom is -0.378 e. The maximum absolute atomic E-state index is 5.85. The summed E-state index contributed by atoms with van der Waals surface area (Å²) in [5, 5.41) is 0. The minimum absolute atomic E-state index is 0.0927. The van der Waals surface area contributed by atoms with Crippen LogP contribution in [0.15, 0.2) is 48.5 Å². The summed E-state index contributed by atoms with van der Waals surface area (Å²) in [4.78, 5) is 2.10. The van der Waals surface area contributed by atoms with Crippen molar-refractivity contribution in [3.05, 3.63) is 54.1 Å². The van der Waals surface area contributed by atoms with Crippen molar-refractivity contribution in [2.45, 2.75) is 13.0 Å². The summed E-state index contributed by atoms with van der Waals surface area (Å²) < 4.78 is 0. The second-order valence-electron chi connectivity index (χ2n) is 4.85. The number of nitrogens with zero attached hydrogens (tertiary/aromatic N) is 1. The molecular formula is C16H20N2. The quantitative estimate of drug-likeness (QED) is 0.890. The molecule has 0 saturated heterocycles. The van der Waals surface area contributed by atoms with Crippen LogP contribution < -0.4 is 10.6 Å². The Morgan fingerprint density at radius 1 is 0.833 bits per heavy atom. The van der Waals surface area contributed by atoms with Gasteiger partial charge in [-0.3, -0.25) is 0 Å². The molecule has 0 fully saturated rings. The fourth-order valence-corrected chi connectivity index (χ4v) is 1.93. The molecule has 2 aromatic rings. The Hall–Kier alpha value is -1.80. The first-order chi connectivity index (χ1) is 8.58. The van der Waals surface area contributed by atoms with Crippen molar-refractivity contribution in [2.75, 3.05) is 19.0 Å². The lowest BCUT2D eigenvalue weighted by Crippen LogP contribution is -2.07. The van der Waals surface area contributed by atoms with Gasteiger partial charge in [0.05, 0.1) is 0 Å². The lowest BCUT2D eigenvalue weighted by molar-refractivity contribution is 0.818. The molecule has 2 heteroatoms. The largest absolute Gasteiger partial charge is 0.378 e. The van der Waals surface area contributed by atoms with Gasteiger partial charge in [0, 0.05) is 25.8 Å². The molecule has 0 bridgehead atoms. The van der Waals surface area contributed by atoms with Gasteiger partial charge in [0.15, 0.2) is 0 Å². The zero-order valence-corrected chi connectivity index (χ0v) is 11.2. The third-order valence-electron chi connectivity index (χ3n) is 3.15. The maximum Gasteiger partial charge on any atom is 0.0361 e. The van der Waals surface area contributed by atoms with Gasteiger partial charge in [-0.15, -0.1) is 0 Å². The first kappa shape index (κ1) is 12.7. The van der Waals surface area contributed by atoms with Crippen molar-refractivity contribution in [3.8, 4) is 11.1 Å². The molecule has 0 amide bonds. The summed E-state index contributed by atoms with van der Waals surface area (Å²) in [7, 11) is 4.10. The zero-order valence-electron chi connectivity index (χ0n) is 11.2. The second-order valence-corrected chi connectivity index (χ2v) is 4.85. The Morgan fingerprint density at radius 3 is 1.67 bits per heavy atom. The standard InChI is InChI=1S/C16H20N2/c1-12(17)13-4-6-14(7-5-13)15-8-10-16(11-9-15)18(2)3/h4-12H,17H2,1-3H3/t12-/m1/s1. The second kappa shape index (κ2) is 5.23. The number of hydrogen-bond acceptors (Lipinski definition) is 2. The van der Waals surface area contributed by atoms with E-state index in [1.165, 1.54) is 22.4 Å². The summed E-state index contributed by atoms with van der Waals surface area (Å²) in [5.74, 6) is 0. The van der Waals surface area contributed by atoms with Gasteiger partial charge in [-0.2, -0.15) is 0 Å². The summed E-state index contributed by atoms with van der Waals surface area (Å²) in [6, 6.07) is 17.1. The number of rotatable bonds is 3. The van der Waals surface area contributed by atoms with Crippen LogP contribution in [0.25, 0.3) is 11.1 Å². The van der Waals surface area contributed by atoms with E-state index in [-0.39, 0.29) is 6.04 Å². The highest BCUT2D eigenvalue weighted by atomic mass is 15.1. The summed E-state index contributed by atoms with van der Waals surface area (Å²) in [6.45, 7) is 2.00. The first-order valence-corrected chi connectivity index (χ1v) is 6.21. The fourth-order valence-electron chi connectivity index (χ4n) is 1.93. The Kier molecular flexibility index (Phi) is 3.68. The van der Waals surface area contributed by atoms with Crippen LogP contribution >= 0.6 is 0 Å². The lowest BCUT2D eigenvalue weighted by Gasteiger charge is -2.13. The highest BCUT2D eigenvalue weighted by Crippen LogP contribution is 2.23. The van der Waals surface area contributed by atoms with E-state index in [0.29, 0.717) is 0 Å². The SMILES string of the molecule is C[C@@H](N)c1ccc(-c2ccc(N(C)C)cc2)cc1. The highest BCUT2D eigenvalue weighted by Gasteiger charge is 2.01. The van der Waals surface area contributed by atoms with Crippen LogP contribution in [0.5, 0.6) is 0 Å². The Morgan fingerprint density at radius 2 is 1.28 bits per heavy atom. The lowest BCUT2D eigenvalue weighted by atomic mass is 10.0. The highest BCUT2D eigenvalue weighted by molar-refractivity contribution is 5.66. The minimum atomic E-state index is 0.0927. The summed E-state index contributed by atoms with van der Waals surface area (Å²) in [6.07, 6.45) is 0. The summed E-state index contributed by atoms with van der Waals surface area (Å²) >= 11 is 0. The Labute approximate surface area is 109 Å². The number of hydrogen-bond donors (Lipinski definition) is 1. The fraction of sp³-hybridized carbons (Fsp3) is 0.250. The van der Waals surface area contributed by atoms with E-state index < -0.39 is 0 Å². The van der Waals surface area contributed by atoms with Crippen molar-refractivity contribution in [2.24, 2.45) is 5.73 Å². The van der Waals surface area contributed by atoms with E-state index in [9.17, 15) is 0 Å². The normalized spacial score (nSPS) is 12.2. The molecule has 2 N–H and O–H groups in total. The van der Waals surface area contributed by atoms with Crippen LogP contribution in [0, 0.1) is 0 Å². The molecule has 0 heterocycles. The van der Waals surface area contributed by atoms with Crippen molar-refractivity contribution >= 4 is 5.69 Å². The topological polar surface area (TPSA) is 29.3 Å². The number of benzene rings is 2. The van der Waals surface area contributed by atoms with Crippen LogP contribution in [-0.2, 0) is 0 Å². The van der Waals surface area contributed by atoms with Crippen molar-refractivity contribution in [1.29, 1.82) is 0 Å². The third kappa shape index (κ3) is 2.71. The molecule has 0 aliphatic rings. The van der Waals surface area contributed by atoms with E-state index in [1.54, 1.807) is 0 Å². The Balaban J connectivity index is 2.25. The van der Waals surface area contributed by atoms with Crippen LogP contribution in [0.1, 0.15) is 18.5 Å². The average molecular weight is 240 g/mol. The molecule has 94 valence electrons. The van der Waals surface area contributed by atoms with Gasteiger partial charge >= 0.3 is 0 Å². The zero-order chi connectivity index (χ0) is 13.1. The molecule has 1 atom stereocenters. The molecule has 0 radical (unpaired) electrons. The molecule has 0 aliphatic heterocycles. The molecule has 2 rings (SSSR count). The van der Waals surface area contributed by atoms with Gasteiger partial charge in [-0.25, -0.2) is 0 Å². The van der Waals surface area contributed by atoms with E-state index in [2.05, 4.69) is 53.4 Å². The molecule has 0 aliphatic carbocycles. The first-order valence-electron chi connectivity index (χ1n) is 6.21. The van der Waals surface area contributed by atoms with Gasteiger partial charge in [-0.1, -0.05) is 36.4 Å². The van der Waals surface area contributed by atoms with Gasteiger partial charge < -0.3 is 10.6 Å². The molecule has 0 spiro atoms. The van der Waals surface area contributed by atoms with Crippen molar-refractivity contribution < 1.29 is 0 Å². The van der Waals surface area contributed by atoms with E-state index in [1.807, 2.05) is 21.0 Å². The van der Waals surface area contributed by atoms with Gasteiger partial charge in [-0.05, 0) is 35.7 Å². The van der Waals surface area contributed by atoms with Crippen LogP contribution in [-0.4, -0.2) is 14.1 Å². The van der Waals surface area contributed by atoms with Crippen LogP contribution in [0.3, 0.4) is 0 Å². The molecule has 2 aromatic carbocycles. The van der Waals surface area contributed by atoms with E-state index >= 15 is 0 Å². The maximum atomic E-state index is 5.85. The average Bonchev–Trinajstić information content (AvgIpc) is 2.39. The van der Waals surface area contributed by atoms with E-state index in [0.717, 1.165) is 0 Å². The third-order valence-corrected chi connectivity index (χ3v) is 3.15. The van der Waals surface area contributed by atoms with Crippen molar-refractivity contribution in [1.82, 2.24) is 0 Å². The summed E-state index contributed by atoms with van der Waals surface area (Å²) in [5.41, 5.74) is 10.7. The number of nitrogens with two attached hydrogens (primary N) is 1. The van der Waals surface area contributed by atoms with Crippen molar-refractivity contribution in [3.63, 3.8) is 0 Å². The molecule has 0 unspecified atom stereocenters. The molecule has 0 aromatic heterocycles. The Bertz CT molecular complexity index is 446. The van der Waals surface area contributed by atoms with Gasteiger partial charge in [0.25, 0.3) is 0 Å². The van der Waals surface area contributed by atoms with Crippen LogP contribution in [0.2, 0.25) is 0 Å². The molecular weight excluding hydrogens is 220 g/mol. The smallest absolute Gasteiger partial charge is 0.0361 e. The van der Waals surface area contributed by atoms with Gasteiger partial charge in [0.1, 0.15) is 0 Å². The predicted molar refractivity (Wildman–Crippen MR) is 78.8 cm³/mol. The van der Waals surface area contributed by atoms with Crippen LogP contribution in [0.4, 0.5) is 5.69 Å². The number of anilines is 1. The predicted octanol–water partition coefficient (Wildman–Crippen LogP) is 3.44. The van der Waals surface area contributed by atoms with Gasteiger partial charge in [0.2, 0.25) is 0 Å². The van der Waals surface area contributed by atoms with E-state index in [4.69, 9.17) is 5.73 Å². The molecule has 18 heavy (non-hydrogen) atoms. The molecule has 0 saturated carbocycles.